The van der Waals surface area contributed by atoms with E-state index in [1.165, 1.54) is 6.07 Å². The number of amides is 1. The summed E-state index contributed by atoms with van der Waals surface area (Å²) in [6, 6.07) is 14.7. The molecule has 0 aliphatic carbocycles. The van der Waals surface area contributed by atoms with E-state index in [-0.39, 0.29) is 12.3 Å². The summed E-state index contributed by atoms with van der Waals surface area (Å²) in [6.45, 7) is 1.63. The maximum Gasteiger partial charge on any atom is 0.433 e. The average molecular weight is 447 g/mol. The molecule has 2 aromatic carbocycles. The molecule has 0 saturated carbocycles. The summed E-state index contributed by atoms with van der Waals surface area (Å²) in [7, 11) is 0. The van der Waals surface area contributed by atoms with Gasteiger partial charge < -0.3 is 9.87 Å². The van der Waals surface area contributed by atoms with Gasteiger partial charge in [0.2, 0.25) is 0 Å². The number of hydrogen-bond donors (Lipinski definition) is 1. The number of benzene rings is 2. The predicted molar refractivity (Wildman–Crippen MR) is 110 cm³/mol. The maximum atomic E-state index is 12.8. The first-order valence-electron chi connectivity index (χ1n) is 9.20. The SMILES string of the molecule is Cc1c(CS(=O)[O-])cc(-c2ccccc2)cc1C(=O)NCc1ccc(C(F)(F)F)nc1. The van der Waals surface area contributed by atoms with E-state index in [4.69, 9.17) is 0 Å². The Balaban J connectivity index is 1.86. The lowest BCUT2D eigenvalue weighted by molar-refractivity contribution is -0.141. The van der Waals surface area contributed by atoms with Crippen LogP contribution in [0.25, 0.3) is 11.1 Å². The number of pyridine rings is 1. The van der Waals surface area contributed by atoms with Crippen molar-refractivity contribution in [2.24, 2.45) is 0 Å². The third kappa shape index (κ3) is 5.77. The highest BCUT2D eigenvalue weighted by Gasteiger charge is 2.32. The third-order valence-corrected chi connectivity index (χ3v) is 5.26. The molecule has 1 N–H and O–H groups in total. The molecular weight excluding hydrogens is 429 g/mol. The van der Waals surface area contributed by atoms with Gasteiger partial charge in [0, 0.05) is 24.1 Å². The van der Waals surface area contributed by atoms with Gasteiger partial charge in [0.1, 0.15) is 5.69 Å². The molecule has 1 heterocycles. The second-order valence-corrected chi connectivity index (χ2v) is 7.75. The van der Waals surface area contributed by atoms with Gasteiger partial charge in [-0.3, -0.25) is 14.0 Å². The van der Waals surface area contributed by atoms with E-state index in [0.29, 0.717) is 27.8 Å². The number of hydrogen-bond acceptors (Lipinski definition) is 4. The molecule has 0 aliphatic rings. The van der Waals surface area contributed by atoms with E-state index in [1.807, 2.05) is 30.3 Å². The Morgan fingerprint density at radius 3 is 2.39 bits per heavy atom. The Kier molecular flexibility index (Phi) is 6.87. The van der Waals surface area contributed by atoms with Crippen LogP contribution in [-0.2, 0) is 29.6 Å². The lowest BCUT2D eigenvalue weighted by Crippen LogP contribution is -2.24. The molecule has 0 saturated heterocycles. The highest BCUT2D eigenvalue weighted by atomic mass is 32.2. The zero-order valence-corrected chi connectivity index (χ0v) is 17.2. The second kappa shape index (κ2) is 9.40. The van der Waals surface area contributed by atoms with Crippen LogP contribution in [0.5, 0.6) is 0 Å². The standard InChI is InChI=1S/C22H19F3N2O3S/c1-14-18(13-31(29)30)9-17(16-5-3-2-4-6-16)10-19(14)21(28)27-12-15-7-8-20(26-11-15)22(23,24)25/h2-11H,12-13H2,1H3,(H,27,28)(H,29,30)/p-1. The fourth-order valence-corrected chi connectivity index (χ4v) is 3.61. The van der Waals surface area contributed by atoms with Gasteiger partial charge in [0.05, 0.1) is 0 Å². The van der Waals surface area contributed by atoms with E-state index in [0.717, 1.165) is 17.8 Å². The summed E-state index contributed by atoms with van der Waals surface area (Å²) in [5.41, 5.74) is 2.21. The Morgan fingerprint density at radius 1 is 1.10 bits per heavy atom. The van der Waals surface area contributed by atoms with Crippen molar-refractivity contribution in [3.05, 3.63) is 88.7 Å². The summed E-state index contributed by atoms with van der Waals surface area (Å²) >= 11 is -2.34. The average Bonchev–Trinajstić information content (AvgIpc) is 2.73. The minimum atomic E-state index is -4.53. The summed E-state index contributed by atoms with van der Waals surface area (Å²) in [5, 5.41) is 2.66. The van der Waals surface area contributed by atoms with Crippen LogP contribution in [0.4, 0.5) is 13.2 Å². The predicted octanol–water partition coefficient (Wildman–Crippen LogP) is 4.38. The number of nitrogens with zero attached hydrogens (tertiary/aromatic N) is 1. The van der Waals surface area contributed by atoms with Gasteiger partial charge in [-0.15, -0.1) is 0 Å². The summed E-state index contributed by atoms with van der Waals surface area (Å²) in [4.78, 5) is 16.2. The first-order valence-corrected chi connectivity index (χ1v) is 10.4. The Morgan fingerprint density at radius 2 is 1.81 bits per heavy atom. The summed E-state index contributed by atoms with van der Waals surface area (Å²) in [5.74, 6) is -0.705. The van der Waals surface area contributed by atoms with Crippen LogP contribution in [0, 0.1) is 6.92 Å². The number of carbonyl (C=O) groups is 1. The molecule has 0 radical (unpaired) electrons. The molecule has 0 spiro atoms. The van der Waals surface area contributed by atoms with Crippen LogP contribution in [-0.4, -0.2) is 19.7 Å². The minimum Gasteiger partial charge on any atom is -0.772 e. The van der Waals surface area contributed by atoms with Crippen molar-refractivity contribution in [1.82, 2.24) is 10.3 Å². The molecule has 1 atom stereocenters. The van der Waals surface area contributed by atoms with E-state index >= 15 is 0 Å². The van der Waals surface area contributed by atoms with Crippen LogP contribution in [0.2, 0.25) is 0 Å². The molecule has 0 fully saturated rings. The van der Waals surface area contributed by atoms with Crippen LogP contribution >= 0.6 is 0 Å². The normalized spacial score (nSPS) is 12.4. The Labute approximate surface area is 179 Å². The first-order chi connectivity index (χ1) is 14.6. The lowest BCUT2D eigenvalue weighted by atomic mass is 9.95. The highest BCUT2D eigenvalue weighted by Crippen LogP contribution is 2.28. The van der Waals surface area contributed by atoms with Crippen molar-refractivity contribution < 1.29 is 26.7 Å². The molecule has 3 rings (SSSR count). The van der Waals surface area contributed by atoms with Crippen molar-refractivity contribution in [2.45, 2.75) is 25.4 Å². The molecule has 162 valence electrons. The Hall–Kier alpha value is -3.04. The quantitative estimate of drug-likeness (QED) is 0.569. The lowest BCUT2D eigenvalue weighted by Gasteiger charge is -2.16. The number of rotatable bonds is 6. The van der Waals surface area contributed by atoms with Crippen molar-refractivity contribution in [3.8, 4) is 11.1 Å². The third-order valence-electron chi connectivity index (χ3n) is 4.71. The Bertz CT molecular complexity index is 1100. The molecule has 0 bridgehead atoms. The summed E-state index contributed by atoms with van der Waals surface area (Å²) < 4.78 is 60.4. The van der Waals surface area contributed by atoms with Crippen LogP contribution in [0.1, 0.15) is 32.7 Å². The second-order valence-electron chi connectivity index (χ2n) is 6.85. The molecule has 1 amide bonds. The van der Waals surface area contributed by atoms with Crippen molar-refractivity contribution in [1.29, 1.82) is 0 Å². The number of carbonyl (C=O) groups excluding carboxylic acids is 1. The van der Waals surface area contributed by atoms with Gasteiger partial charge in [-0.2, -0.15) is 13.2 Å². The maximum absolute atomic E-state index is 12.8. The van der Waals surface area contributed by atoms with E-state index in [1.54, 1.807) is 19.1 Å². The van der Waals surface area contributed by atoms with Gasteiger partial charge in [-0.05, 0) is 52.9 Å². The van der Waals surface area contributed by atoms with Crippen LogP contribution in [0.15, 0.2) is 60.8 Å². The summed E-state index contributed by atoms with van der Waals surface area (Å²) in [6.07, 6.45) is -3.48. The molecule has 1 unspecified atom stereocenters. The fraction of sp³-hybridized carbons (Fsp3) is 0.182. The van der Waals surface area contributed by atoms with Gasteiger partial charge in [-0.1, -0.05) is 47.5 Å². The van der Waals surface area contributed by atoms with Gasteiger partial charge in [0.15, 0.2) is 0 Å². The minimum absolute atomic E-state index is 0.0260. The first kappa shape index (κ1) is 22.6. The van der Waals surface area contributed by atoms with Gasteiger partial charge in [-0.25, -0.2) is 0 Å². The smallest absolute Gasteiger partial charge is 0.433 e. The van der Waals surface area contributed by atoms with E-state index in [2.05, 4.69) is 10.3 Å². The van der Waals surface area contributed by atoms with E-state index < -0.39 is 28.9 Å². The van der Waals surface area contributed by atoms with E-state index in [9.17, 15) is 26.7 Å². The van der Waals surface area contributed by atoms with Crippen molar-refractivity contribution in [2.75, 3.05) is 0 Å². The van der Waals surface area contributed by atoms with Crippen LogP contribution < -0.4 is 5.32 Å². The molecule has 9 heteroatoms. The molecule has 3 aromatic rings. The largest absolute Gasteiger partial charge is 0.772 e. The number of halogens is 3. The molecule has 0 aliphatic heterocycles. The zero-order valence-electron chi connectivity index (χ0n) is 16.4. The number of alkyl halides is 3. The molecule has 1 aromatic heterocycles. The number of aromatic nitrogens is 1. The molecular formula is C22H18F3N2O3S-. The molecule has 5 nitrogen and oxygen atoms in total. The van der Waals surface area contributed by atoms with Gasteiger partial charge in [0.25, 0.3) is 5.91 Å². The number of nitrogens with one attached hydrogen (secondary N) is 1. The highest BCUT2D eigenvalue weighted by molar-refractivity contribution is 7.78. The fourth-order valence-electron chi connectivity index (χ4n) is 3.06. The topological polar surface area (TPSA) is 82.1 Å². The van der Waals surface area contributed by atoms with Crippen molar-refractivity contribution in [3.63, 3.8) is 0 Å². The van der Waals surface area contributed by atoms with Crippen molar-refractivity contribution >= 4 is 17.0 Å². The monoisotopic (exact) mass is 447 g/mol. The van der Waals surface area contributed by atoms with Gasteiger partial charge >= 0.3 is 6.18 Å². The zero-order chi connectivity index (χ0) is 22.6. The molecule has 31 heavy (non-hydrogen) atoms. The van der Waals surface area contributed by atoms with Crippen LogP contribution in [0.3, 0.4) is 0 Å².